The van der Waals surface area contributed by atoms with Gasteiger partial charge in [-0.05, 0) is 73.9 Å². The van der Waals surface area contributed by atoms with E-state index in [1.165, 1.54) is 21.6 Å². The highest BCUT2D eigenvalue weighted by molar-refractivity contribution is 7.98. The number of hydrogen-bond acceptors (Lipinski definition) is 4. The average molecular weight is 412 g/mol. The van der Waals surface area contributed by atoms with Crippen molar-refractivity contribution in [3.8, 4) is 16.9 Å². The minimum Gasteiger partial charge on any atom is -0.488 e. The van der Waals surface area contributed by atoms with Gasteiger partial charge in [0.25, 0.3) is 0 Å². The fraction of sp³-hybridized carbons (Fsp3) is 0.458. The van der Waals surface area contributed by atoms with Crippen LogP contribution in [0.15, 0.2) is 47.4 Å². The van der Waals surface area contributed by atoms with Crippen molar-refractivity contribution in [1.82, 2.24) is 5.32 Å². The monoisotopic (exact) mass is 411 g/mol. The standard InChI is InChI=1S/C24H29NO3S/c1-24(2)14-18(10-11-27-24)23(26)25-15-20-13-19-12-17(6-9-22(19)28-20)16-4-7-21(29-3)8-5-16/h4-9,12,18,20H,10-11,13-15H2,1-3H3,(H,25,26)/t18-,20+/m0/s1. The van der Waals surface area contributed by atoms with Gasteiger partial charge in [-0.2, -0.15) is 0 Å². The summed E-state index contributed by atoms with van der Waals surface area (Å²) < 4.78 is 11.8. The second-order valence-electron chi connectivity index (χ2n) is 8.54. The average Bonchev–Trinajstić information content (AvgIpc) is 3.13. The lowest BCUT2D eigenvalue weighted by Gasteiger charge is -2.34. The first-order valence-corrected chi connectivity index (χ1v) is 11.5. The molecule has 0 unspecified atom stereocenters. The van der Waals surface area contributed by atoms with Gasteiger partial charge in [0, 0.05) is 23.8 Å². The van der Waals surface area contributed by atoms with Gasteiger partial charge in [-0.3, -0.25) is 4.79 Å². The number of benzene rings is 2. The van der Waals surface area contributed by atoms with Crippen LogP contribution >= 0.6 is 11.8 Å². The summed E-state index contributed by atoms with van der Waals surface area (Å²) in [6.45, 7) is 5.30. The zero-order valence-electron chi connectivity index (χ0n) is 17.4. The molecule has 2 aliphatic heterocycles. The molecule has 2 heterocycles. The van der Waals surface area contributed by atoms with Crippen LogP contribution in [0.3, 0.4) is 0 Å². The van der Waals surface area contributed by atoms with E-state index in [0.717, 1.165) is 25.0 Å². The molecule has 4 nitrogen and oxygen atoms in total. The highest BCUT2D eigenvalue weighted by Crippen LogP contribution is 2.34. The molecule has 0 aromatic heterocycles. The minimum absolute atomic E-state index is 0.00378. The van der Waals surface area contributed by atoms with E-state index in [4.69, 9.17) is 9.47 Å². The summed E-state index contributed by atoms with van der Waals surface area (Å²) in [6.07, 6.45) is 4.47. The maximum Gasteiger partial charge on any atom is 0.223 e. The summed E-state index contributed by atoms with van der Waals surface area (Å²) in [7, 11) is 0. The molecule has 154 valence electrons. The van der Waals surface area contributed by atoms with Crippen molar-refractivity contribution < 1.29 is 14.3 Å². The van der Waals surface area contributed by atoms with Crippen LogP contribution in [0.5, 0.6) is 5.75 Å². The molecule has 0 bridgehead atoms. The number of fused-ring (bicyclic) bond motifs is 1. The molecular weight excluding hydrogens is 382 g/mol. The molecule has 2 aromatic rings. The highest BCUT2D eigenvalue weighted by Gasteiger charge is 2.33. The molecule has 1 fully saturated rings. The molecule has 1 N–H and O–H groups in total. The van der Waals surface area contributed by atoms with Crippen molar-refractivity contribution in [1.29, 1.82) is 0 Å². The summed E-state index contributed by atoms with van der Waals surface area (Å²) in [5, 5.41) is 3.10. The molecule has 0 spiro atoms. The van der Waals surface area contributed by atoms with E-state index in [1.807, 2.05) is 0 Å². The fourth-order valence-corrected chi connectivity index (χ4v) is 4.62. The Balaban J connectivity index is 1.34. The number of carbonyl (C=O) groups is 1. The first-order valence-electron chi connectivity index (χ1n) is 10.3. The van der Waals surface area contributed by atoms with Crippen LogP contribution in [0.2, 0.25) is 0 Å². The molecular formula is C24H29NO3S. The number of rotatable bonds is 5. The van der Waals surface area contributed by atoms with E-state index in [9.17, 15) is 4.79 Å². The maximum atomic E-state index is 12.6. The normalized spacial score (nSPS) is 22.6. The Bertz CT molecular complexity index is 878. The van der Waals surface area contributed by atoms with E-state index in [1.54, 1.807) is 11.8 Å². The zero-order chi connectivity index (χ0) is 20.4. The topological polar surface area (TPSA) is 47.6 Å². The number of amides is 1. The Morgan fingerprint density at radius 1 is 1.17 bits per heavy atom. The Hall–Kier alpha value is -1.98. The van der Waals surface area contributed by atoms with Crippen LogP contribution in [0.25, 0.3) is 11.1 Å². The van der Waals surface area contributed by atoms with Crippen LogP contribution in [0.1, 0.15) is 32.3 Å². The lowest BCUT2D eigenvalue weighted by molar-refractivity contribution is -0.135. The summed E-state index contributed by atoms with van der Waals surface area (Å²) in [5.74, 6) is 1.08. The first-order chi connectivity index (χ1) is 13.9. The van der Waals surface area contributed by atoms with Gasteiger partial charge in [-0.1, -0.05) is 18.2 Å². The minimum atomic E-state index is -0.217. The largest absolute Gasteiger partial charge is 0.488 e. The first kappa shape index (κ1) is 20.3. The lowest BCUT2D eigenvalue weighted by Crippen LogP contribution is -2.43. The molecule has 29 heavy (non-hydrogen) atoms. The summed E-state index contributed by atoms with van der Waals surface area (Å²) >= 11 is 1.75. The molecule has 2 aromatic carbocycles. The maximum absolute atomic E-state index is 12.6. The third-order valence-electron chi connectivity index (χ3n) is 5.80. The van der Waals surface area contributed by atoms with E-state index >= 15 is 0 Å². The van der Waals surface area contributed by atoms with Crippen LogP contribution < -0.4 is 10.1 Å². The summed E-state index contributed by atoms with van der Waals surface area (Å²) in [5.41, 5.74) is 3.41. The van der Waals surface area contributed by atoms with Gasteiger partial charge in [0.2, 0.25) is 5.91 Å². The third-order valence-corrected chi connectivity index (χ3v) is 6.54. The smallest absolute Gasteiger partial charge is 0.223 e. The summed E-state index contributed by atoms with van der Waals surface area (Å²) in [6, 6.07) is 15.0. The molecule has 0 aliphatic carbocycles. The predicted molar refractivity (Wildman–Crippen MR) is 118 cm³/mol. The van der Waals surface area contributed by atoms with Gasteiger partial charge < -0.3 is 14.8 Å². The SMILES string of the molecule is CSc1ccc(-c2ccc3c(c2)C[C@H](CNC(=O)[C@H]2CCOC(C)(C)C2)O3)cc1. The van der Waals surface area contributed by atoms with E-state index < -0.39 is 0 Å². The Morgan fingerprint density at radius 3 is 2.66 bits per heavy atom. The van der Waals surface area contributed by atoms with Gasteiger partial charge in [0.05, 0.1) is 12.1 Å². The molecule has 2 aliphatic rings. The van der Waals surface area contributed by atoms with Gasteiger partial charge in [-0.15, -0.1) is 11.8 Å². The zero-order valence-corrected chi connectivity index (χ0v) is 18.2. The Labute approximate surface area is 177 Å². The van der Waals surface area contributed by atoms with E-state index in [-0.39, 0.29) is 23.5 Å². The van der Waals surface area contributed by atoms with Crippen molar-refractivity contribution >= 4 is 17.7 Å². The Morgan fingerprint density at radius 2 is 1.93 bits per heavy atom. The highest BCUT2D eigenvalue weighted by atomic mass is 32.2. The second kappa shape index (κ2) is 8.41. The molecule has 5 heteroatoms. The van der Waals surface area contributed by atoms with E-state index in [2.05, 4.69) is 67.9 Å². The van der Waals surface area contributed by atoms with Gasteiger partial charge in [-0.25, -0.2) is 0 Å². The number of hydrogen-bond donors (Lipinski definition) is 1. The number of ether oxygens (including phenoxy) is 2. The van der Waals surface area contributed by atoms with Crippen molar-refractivity contribution in [3.05, 3.63) is 48.0 Å². The fourth-order valence-electron chi connectivity index (χ4n) is 4.21. The molecule has 1 saturated heterocycles. The van der Waals surface area contributed by atoms with Crippen molar-refractivity contribution in [2.24, 2.45) is 5.92 Å². The number of nitrogens with one attached hydrogen (secondary N) is 1. The molecule has 4 rings (SSSR count). The Kier molecular flexibility index (Phi) is 5.88. The van der Waals surface area contributed by atoms with Crippen molar-refractivity contribution in [3.63, 3.8) is 0 Å². The van der Waals surface area contributed by atoms with Crippen LogP contribution in [0, 0.1) is 5.92 Å². The lowest BCUT2D eigenvalue weighted by atomic mass is 9.88. The van der Waals surface area contributed by atoms with Crippen molar-refractivity contribution in [2.75, 3.05) is 19.4 Å². The number of carbonyl (C=O) groups excluding carboxylic acids is 1. The second-order valence-corrected chi connectivity index (χ2v) is 9.42. The van der Waals surface area contributed by atoms with Crippen LogP contribution in [-0.4, -0.2) is 37.0 Å². The quantitative estimate of drug-likeness (QED) is 0.725. The van der Waals surface area contributed by atoms with E-state index in [0.29, 0.717) is 13.2 Å². The van der Waals surface area contributed by atoms with Gasteiger partial charge in [0.1, 0.15) is 11.9 Å². The van der Waals surface area contributed by atoms with Crippen molar-refractivity contribution in [2.45, 2.75) is 49.7 Å². The van der Waals surface area contributed by atoms with Gasteiger partial charge >= 0.3 is 0 Å². The molecule has 0 radical (unpaired) electrons. The predicted octanol–water partition coefficient (Wildman–Crippen LogP) is 4.70. The van der Waals surface area contributed by atoms with Crippen LogP contribution in [0.4, 0.5) is 0 Å². The number of thioether (sulfide) groups is 1. The summed E-state index contributed by atoms with van der Waals surface area (Å²) in [4.78, 5) is 13.8. The third kappa shape index (κ3) is 4.78. The molecule has 0 saturated carbocycles. The molecule has 1 amide bonds. The molecule has 2 atom stereocenters. The van der Waals surface area contributed by atoms with Crippen LogP contribution in [-0.2, 0) is 16.0 Å². The van der Waals surface area contributed by atoms with Gasteiger partial charge in [0.15, 0.2) is 0 Å².